The first kappa shape index (κ1) is 12.7. The Bertz CT molecular complexity index is 479. The van der Waals surface area contributed by atoms with Crippen LogP contribution in [0.15, 0.2) is 17.8 Å². The minimum Gasteiger partial charge on any atom is -0.493 e. The van der Waals surface area contributed by atoms with Gasteiger partial charge >= 0.3 is 5.97 Å². The van der Waals surface area contributed by atoms with E-state index in [0.717, 1.165) is 24.2 Å². The predicted molar refractivity (Wildman–Crippen MR) is 69.1 cm³/mol. The Labute approximate surface area is 107 Å². The van der Waals surface area contributed by atoms with Crippen molar-refractivity contribution >= 4 is 11.7 Å². The molecule has 0 radical (unpaired) electrons. The molecule has 1 aromatic heterocycles. The maximum absolute atomic E-state index is 12.0. The second-order valence-electron chi connectivity index (χ2n) is 4.28. The van der Waals surface area contributed by atoms with Crippen molar-refractivity contribution in [3.8, 4) is 0 Å². The lowest BCUT2D eigenvalue weighted by molar-refractivity contribution is 0.0514. The molecule has 1 fully saturated rings. The first-order valence-electron chi connectivity index (χ1n) is 6.36. The minimum atomic E-state index is -0.293. The SMILES string of the molecule is CCOC(=O)c1c(C(OCC)=C2CC2)ccn1C. The molecule has 0 saturated heterocycles. The predicted octanol–water partition coefficient (Wildman–Crippen LogP) is 2.74. The van der Waals surface area contributed by atoms with E-state index >= 15 is 0 Å². The smallest absolute Gasteiger partial charge is 0.355 e. The molecule has 4 heteroatoms. The molecule has 0 atom stereocenters. The Balaban J connectivity index is 2.39. The summed E-state index contributed by atoms with van der Waals surface area (Å²) in [6, 6.07) is 1.92. The summed E-state index contributed by atoms with van der Waals surface area (Å²) < 4.78 is 12.6. The van der Waals surface area contributed by atoms with Gasteiger partial charge in [-0.2, -0.15) is 0 Å². The van der Waals surface area contributed by atoms with Gasteiger partial charge in [-0.25, -0.2) is 4.79 Å². The first-order chi connectivity index (χ1) is 8.69. The fraction of sp³-hybridized carbons (Fsp3) is 0.500. The number of hydrogen-bond donors (Lipinski definition) is 0. The normalized spacial score (nSPS) is 13.4. The molecule has 1 saturated carbocycles. The zero-order valence-electron chi connectivity index (χ0n) is 11.2. The molecule has 1 aromatic rings. The molecule has 1 aliphatic rings. The van der Waals surface area contributed by atoms with Crippen LogP contribution in [0, 0.1) is 0 Å². The van der Waals surface area contributed by atoms with Crippen molar-refractivity contribution < 1.29 is 14.3 Å². The van der Waals surface area contributed by atoms with Crippen LogP contribution < -0.4 is 0 Å². The third-order valence-electron chi connectivity index (χ3n) is 2.90. The maximum atomic E-state index is 12.0. The van der Waals surface area contributed by atoms with Gasteiger partial charge in [0.25, 0.3) is 0 Å². The number of carbonyl (C=O) groups excluding carboxylic acids is 1. The van der Waals surface area contributed by atoms with Crippen LogP contribution in [0.5, 0.6) is 0 Å². The van der Waals surface area contributed by atoms with Gasteiger partial charge in [0.1, 0.15) is 11.5 Å². The van der Waals surface area contributed by atoms with Gasteiger partial charge in [-0.15, -0.1) is 0 Å². The Morgan fingerprint density at radius 2 is 1.94 bits per heavy atom. The van der Waals surface area contributed by atoms with Gasteiger partial charge in [-0.1, -0.05) is 0 Å². The third-order valence-corrected chi connectivity index (χ3v) is 2.90. The summed E-state index contributed by atoms with van der Waals surface area (Å²) in [7, 11) is 1.84. The van der Waals surface area contributed by atoms with Crippen molar-refractivity contribution in [1.29, 1.82) is 0 Å². The zero-order valence-corrected chi connectivity index (χ0v) is 11.2. The van der Waals surface area contributed by atoms with Crippen molar-refractivity contribution in [2.24, 2.45) is 7.05 Å². The number of aromatic nitrogens is 1. The highest BCUT2D eigenvalue weighted by molar-refractivity contribution is 5.94. The number of aryl methyl sites for hydroxylation is 1. The zero-order chi connectivity index (χ0) is 13.1. The van der Waals surface area contributed by atoms with E-state index in [4.69, 9.17) is 9.47 Å². The molecular formula is C14H19NO3. The van der Waals surface area contributed by atoms with E-state index in [0.29, 0.717) is 18.9 Å². The Kier molecular flexibility index (Phi) is 3.75. The van der Waals surface area contributed by atoms with E-state index in [1.807, 2.05) is 33.2 Å². The second kappa shape index (κ2) is 5.29. The highest BCUT2D eigenvalue weighted by atomic mass is 16.5. The van der Waals surface area contributed by atoms with Crippen LogP contribution in [0.3, 0.4) is 0 Å². The van der Waals surface area contributed by atoms with Crippen LogP contribution in [-0.4, -0.2) is 23.8 Å². The Morgan fingerprint density at radius 1 is 1.28 bits per heavy atom. The summed E-state index contributed by atoms with van der Waals surface area (Å²) in [5, 5.41) is 0. The fourth-order valence-corrected chi connectivity index (χ4v) is 1.97. The van der Waals surface area contributed by atoms with Gasteiger partial charge < -0.3 is 14.0 Å². The number of carbonyl (C=O) groups is 1. The molecule has 1 aliphatic carbocycles. The second-order valence-corrected chi connectivity index (χ2v) is 4.28. The summed E-state index contributed by atoms with van der Waals surface area (Å²) in [4.78, 5) is 12.0. The molecule has 0 amide bonds. The Hall–Kier alpha value is -1.71. The van der Waals surface area contributed by atoms with Gasteiger partial charge in [-0.3, -0.25) is 0 Å². The first-order valence-corrected chi connectivity index (χ1v) is 6.36. The number of hydrogen-bond acceptors (Lipinski definition) is 3. The topological polar surface area (TPSA) is 40.5 Å². The van der Waals surface area contributed by atoms with E-state index in [9.17, 15) is 4.79 Å². The molecule has 0 spiro atoms. The van der Waals surface area contributed by atoms with E-state index in [1.54, 1.807) is 4.57 Å². The van der Waals surface area contributed by atoms with E-state index in [1.165, 1.54) is 5.57 Å². The van der Waals surface area contributed by atoms with Gasteiger partial charge in [0, 0.05) is 18.8 Å². The average Bonchev–Trinajstić information content (AvgIpc) is 3.10. The Morgan fingerprint density at radius 3 is 2.50 bits per heavy atom. The number of esters is 1. The van der Waals surface area contributed by atoms with Crippen LogP contribution in [-0.2, 0) is 16.5 Å². The molecule has 18 heavy (non-hydrogen) atoms. The highest BCUT2D eigenvalue weighted by Crippen LogP contribution is 2.38. The quantitative estimate of drug-likeness (QED) is 0.595. The molecule has 0 aliphatic heterocycles. The largest absolute Gasteiger partial charge is 0.493 e. The molecule has 0 unspecified atom stereocenters. The highest BCUT2D eigenvalue weighted by Gasteiger charge is 2.26. The van der Waals surface area contributed by atoms with Crippen LogP contribution in [0.1, 0.15) is 42.7 Å². The van der Waals surface area contributed by atoms with Gasteiger partial charge in [0.2, 0.25) is 0 Å². The standard InChI is InChI=1S/C14H19NO3/c1-4-17-13(10-6-7-10)11-8-9-15(3)12(11)14(16)18-5-2/h8-9H,4-7H2,1-3H3. The van der Waals surface area contributed by atoms with Gasteiger partial charge in [0.15, 0.2) is 0 Å². The molecule has 2 rings (SSSR count). The summed E-state index contributed by atoms with van der Waals surface area (Å²) in [6.45, 7) is 4.75. The molecule has 0 aromatic carbocycles. The van der Waals surface area contributed by atoms with Crippen molar-refractivity contribution in [3.05, 3.63) is 29.1 Å². The van der Waals surface area contributed by atoms with Crippen LogP contribution in [0.25, 0.3) is 5.76 Å². The van der Waals surface area contributed by atoms with Gasteiger partial charge in [-0.05, 0) is 38.3 Å². The van der Waals surface area contributed by atoms with Crippen molar-refractivity contribution in [1.82, 2.24) is 4.57 Å². The number of rotatable bonds is 5. The summed E-state index contributed by atoms with van der Waals surface area (Å²) in [6.07, 6.45) is 3.99. The van der Waals surface area contributed by atoms with E-state index in [-0.39, 0.29) is 5.97 Å². The lowest BCUT2D eigenvalue weighted by Gasteiger charge is -2.10. The maximum Gasteiger partial charge on any atom is 0.355 e. The van der Waals surface area contributed by atoms with Crippen molar-refractivity contribution in [3.63, 3.8) is 0 Å². The lowest BCUT2D eigenvalue weighted by atomic mass is 10.2. The van der Waals surface area contributed by atoms with E-state index < -0.39 is 0 Å². The molecule has 1 heterocycles. The molecule has 4 nitrogen and oxygen atoms in total. The van der Waals surface area contributed by atoms with Crippen LogP contribution >= 0.6 is 0 Å². The van der Waals surface area contributed by atoms with Crippen molar-refractivity contribution in [2.45, 2.75) is 26.7 Å². The van der Waals surface area contributed by atoms with E-state index in [2.05, 4.69) is 0 Å². The van der Waals surface area contributed by atoms with Crippen LogP contribution in [0.4, 0.5) is 0 Å². The molecular weight excluding hydrogens is 230 g/mol. The van der Waals surface area contributed by atoms with Gasteiger partial charge in [0.05, 0.1) is 13.2 Å². The fourth-order valence-electron chi connectivity index (χ4n) is 1.97. The summed E-state index contributed by atoms with van der Waals surface area (Å²) in [5.74, 6) is 0.569. The third kappa shape index (κ3) is 2.42. The minimum absolute atomic E-state index is 0.293. The lowest BCUT2D eigenvalue weighted by Crippen LogP contribution is -2.12. The molecule has 0 N–H and O–H groups in total. The number of nitrogens with zero attached hydrogens (tertiary/aromatic N) is 1. The number of ether oxygens (including phenoxy) is 2. The summed E-state index contributed by atoms with van der Waals surface area (Å²) in [5.41, 5.74) is 2.71. The molecule has 0 bridgehead atoms. The summed E-state index contributed by atoms with van der Waals surface area (Å²) >= 11 is 0. The number of allylic oxidation sites excluding steroid dienone is 1. The van der Waals surface area contributed by atoms with Crippen LogP contribution in [0.2, 0.25) is 0 Å². The monoisotopic (exact) mass is 249 g/mol. The van der Waals surface area contributed by atoms with Crippen molar-refractivity contribution in [2.75, 3.05) is 13.2 Å². The molecule has 98 valence electrons. The average molecular weight is 249 g/mol.